The molecule has 0 radical (unpaired) electrons. The average Bonchev–Trinajstić information content (AvgIpc) is 2.52. The molecule has 2 unspecified atom stereocenters. The summed E-state index contributed by atoms with van der Waals surface area (Å²) < 4.78 is 0.832. The predicted molar refractivity (Wildman–Crippen MR) is 63.8 cm³/mol. The number of thiophene rings is 1. The molecule has 0 bridgehead atoms. The Balaban J connectivity index is 2.50. The molecule has 1 aromatic rings. The van der Waals surface area contributed by atoms with Crippen molar-refractivity contribution < 1.29 is 0 Å². The first-order valence-electron chi connectivity index (χ1n) is 4.57. The van der Waals surface area contributed by atoms with Gasteiger partial charge in [0.15, 0.2) is 0 Å². The second kappa shape index (κ2) is 5.41. The number of halogens is 1. The van der Waals surface area contributed by atoms with E-state index in [1.54, 1.807) is 11.3 Å². The molecule has 0 saturated carbocycles. The van der Waals surface area contributed by atoms with Crippen LogP contribution >= 0.6 is 22.9 Å². The molecule has 1 rings (SSSR count). The van der Waals surface area contributed by atoms with Crippen LogP contribution in [-0.4, -0.2) is 6.04 Å². The van der Waals surface area contributed by atoms with Gasteiger partial charge in [-0.3, -0.25) is 0 Å². The molecular formula is C11H14ClNS. The molecule has 2 atom stereocenters. The van der Waals surface area contributed by atoms with Crippen LogP contribution in [-0.2, 0) is 0 Å². The van der Waals surface area contributed by atoms with Gasteiger partial charge in [0, 0.05) is 18.5 Å². The standard InChI is InChI=1S/C11H14ClNS/c1-4-5-8(2)13-9(3)10-6-11(12)14-7-10/h1,6-9,13H,5H2,2-3H3. The highest BCUT2D eigenvalue weighted by Gasteiger charge is 2.09. The maximum atomic E-state index is 5.86. The molecule has 3 heteroatoms. The first-order chi connectivity index (χ1) is 6.63. The number of hydrogen-bond acceptors (Lipinski definition) is 2. The van der Waals surface area contributed by atoms with Crippen molar-refractivity contribution in [1.29, 1.82) is 0 Å². The maximum Gasteiger partial charge on any atom is 0.0931 e. The minimum absolute atomic E-state index is 0.307. The molecular weight excluding hydrogens is 214 g/mol. The molecule has 0 aliphatic rings. The van der Waals surface area contributed by atoms with Crippen LogP contribution in [0.15, 0.2) is 11.4 Å². The fourth-order valence-corrected chi connectivity index (χ4v) is 2.29. The van der Waals surface area contributed by atoms with Gasteiger partial charge in [0.2, 0.25) is 0 Å². The summed E-state index contributed by atoms with van der Waals surface area (Å²) in [6.07, 6.45) is 5.99. The minimum Gasteiger partial charge on any atom is -0.307 e. The topological polar surface area (TPSA) is 12.0 Å². The van der Waals surface area contributed by atoms with Gasteiger partial charge in [-0.05, 0) is 30.9 Å². The summed E-state index contributed by atoms with van der Waals surface area (Å²) in [5, 5.41) is 5.49. The average molecular weight is 228 g/mol. The molecule has 0 spiro atoms. The summed E-state index contributed by atoms with van der Waals surface area (Å²) >= 11 is 7.42. The quantitative estimate of drug-likeness (QED) is 0.777. The van der Waals surface area contributed by atoms with Gasteiger partial charge in [-0.2, -0.15) is 0 Å². The fourth-order valence-electron chi connectivity index (χ4n) is 1.31. The van der Waals surface area contributed by atoms with Crippen LogP contribution in [0.2, 0.25) is 4.34 Å². The van der Waals surface area contributed by atoms with Crippen molar-refractivity contribution in [1.82, 2.24) is 5.32 Å². The molecule has 76 valence electrons. The van der Waals surface area contributed by atoms with Crippen molar-refractivity contribution >= 4 is 22.9 Å². The third kappa shape index (κ3) is 3.34. The Bertz CT molecular complexity index is 326. The third-order valence-electron chi connectivity index (χ3n) is 2.05. The van der Waals surface area contributed by atoms with Gasteiger partial charge in [0.1, 0.15) is 0 Å². The lowest BCUT2D eigenvalue weighted by atomic mass is 10.1. The highest BCUT2D eigenvalue weighted by atomic mass is 35.5. The molecule has 0 saturated heterocycles. The van der Waals surface area contributed by atoms with Gasteiger partial charge in [0.25, 0.3) is 0 Å². The van der Waals surface area contributed by atoms with E-state index in [0.29, 0.717) is 12.1 Å². The Hall–Kier alpha value is -0.490. The van der Waals surface area contributed by atoms with Crippen molar-refractivity contribution in [2.45, 2.75) is 32.4 Å². The van der Waals surface area contributed by atoms with Gasteiger partial charge >= 0.3 is 0 Å². The van der Waals surface area contributed by atoms with Crippen molar-refractivity contribution in [2.24, 2.45) is 0 Å². The minimum atomic E-state index is 0.307. The zero-order valence-corrected chi connectivity index (χ0v) is 9.95. The molecule has 0 amide bonds. The third-order valence-corrected chi connectivity index (χ3v) is 3.16. The monoisotopic (exact) mass is 227 g/mol. The Morgan fingerprint density at radius 2 is 2.36 bits per heavy atom. The molecule has 1 N–H and O–H groups in total. The van der Waals surface area contributed by atoms with E-state index < -0.39 is 0 Å². The Labute approximate surface area is 94.5 Å². The number of hydrogen-bond donors (Lipinski definition) is 1. The number of terminal acetylenes is 1. The summed E-state index contributed by atoms with van der Waals surface area (Å²) in [5.41, 5.74) is 1.23. The molecule has 14 heavy (non-hydrogen) atoms. The molecule has 0 aliphatic carbocycles. The van der Waals surface area contributed by atoms with Crippen molar-refractivity contribution in [3.05, 3.63) is 21.3 Å². The van der Waals surface area contributed by atoms with Crippen molar-refractivity contribution in [2.75, 3.05) is 0 Å². The highest BCUT2D eigenvalue weighted by molar-refractivity contribution is 7.14. The Kier molecular flexibility index (Phi) is 4.47. The Morgan fingerprint density at radius 1 is 1.64 bits per heavy atom. The molecule has 1 heterocycles. The fraction of sp³-hybridized carbons (Fsp3) is 0.455. The molecule has 0 aromatic carbocycles. The summed E-state index contributed by atoms with van der Waals surface area (Å²) in [6, 6.07) is 2.64. The van der Waals surface area contributed by atoms with E-state index in [9.17, 15) is 0 Å². The van der Waals surface area contributed by atoms with Crippen molar-refractivity contribution in [3.63, 3.8) is 0 Å². The van der Waals surface area contributed by atoms with E-state index in [-0.39, 0.29) is 0 Å². The summed E-state index contributed by atoms with van der Waals surface area (Å²) in [5.74, 6) is 2.64. The second-order valence-electron chi connectivity index (χ2n) is 3.38. The lowest BCUT2D eigenvalue weighted by Crippen LogP contribution is -2.28. The van der Waals surface area contributed by atoms with Crippen LogP contribution in [0.25, 0.3) is 0 Å². The van der Waals surface area contributed by atoms with E-state index in [4.69, 9.17) is 18.0 Å². The van der Waals surface area contributed by atoms with E-state index in [0.717, 1.165) is 10.8 Å². The first kappa shape index (κ1) is 11.6. The normalized spacial score (nSPS) is 14.7. The van der Waals surface area contributed by atoms with Crippen molar-refractivity contribution in [3.8, 4) is 12.3 Å². The zero-order chi connectivity index (χ0) is 10.6. The number of rotatable bonds is 4. The van der Waals surface area contributed by atoms with Gasteiger partial charge < -0.3 is 5.32 Å². The summed E-state index contributed by atoms with van der Waals surface area (Å²) in [4.78, 5) is 0. The van der Waals surface area contributed by atoms with E-state index in [2.05, 4.69) is 30.5 Å². The highest BCUT2D eigenvalue weighted by Crippen LogP contribution is 2.24. The van der Waals surface area contributed by atoms with Crippen LogP contribution < -0.4 is 5.32 Å². The second-order valence-corrected chi connectivity index (χ2v) is 4.92. The SMILES string of the molecule is C#CCC(C)NC(C)c1csc(Cl)c1. The molecule has 1 aromatic heterocycles. The number of nitrogens with one attached hydrogen (secondary N) is 1. The molecule has 0 fully saturated rings. The van der Waals surface area contributed by atoms with Crippen LogP contribution in [0.1, 0.15) is 31.9 Å². The lowest BCUT2D eigenvalue weighted by molar-refractivity contribution is 0.487. The predicted octanol–water partition coefficient (Wildman–Crippen LogP) is 3.46. The van der Waals surface area contributed by atoms with Crippen LogP contribution in [0.3, 0.4) is 0 Å². The van der Waals surface area contributed by atoms with Crippen LogP contribution in [0.4, 0.5) is 0 Å². The summed E-state index contributed by atoms with van der Waals surface area (Å²) in [6.45, 7) is 4.20. The smallest absolute Gasteiger partial charge is 0.0931 e. The van der Waals surface area contributed by atoms with Gasteiger partial charge in [0.05, 0.1) is 4.34 Å². The van der Waals surface area contributed by atoms with Gasteiger partial charge in [-0.25, -0.2) is 0 Å². The largest absolute Gasteiger partial charge is 0.307 e. The summed E-state index contributed by atoms with van der Waals surface area (Å²) in [7, 11) is 0. The molecule has 0 aliphatic heterocycles. The van der Waals surface area contributed by atoms with Crippen LogP contribution in [0.5, 0.6) is 0 Å². The van der Waals surface area contributed by atoms with Gasteiger partial charge in [-0.1, -0.05) is 11.6 Å². The van der Waals surface area contributed by atoms with E-state index >= 15 is 0 Å². The van der Waals surface area contributed by atoms with Crippen LogP contribution in [0, 0.1) is 12.3 Å². The van der Waals surface area contributed by atoms with E-state index in [1.165, 1.54) is 5.56 Å². The zero-order valence-electron chi connectivity index (χ0n) is 8.38. The lowest BCUT2D eigenvalue weighted by Gasteiger charge is -2.17. The Morgan fingerprint density at radius 3 is 2.86 bits per heavy atom. The maximum absolute atomic E-state index is 5.86. The van der Waals surface area contributed by atoms with E-state index in [1.807, 2.05) is 6.07 Å². The first-order valence-corrected chi connectivity index (χ1v) is 5.82. The van der Waals surface area contributed by atoms with Gasteiger partial charge in [-0.15, -0.1) is 23.7 Å². The molecule has 1 nitrogen and oxygen atoms in total.